The van der Waals surface area contributed by atoms with Crippen molar-refractivity contribution in [2.45, 2.75) is 27.7 Å². The van der Waals surface area contributed by atoms with Gasteiger partial charge in [-0.05, 0) is 86.9 Å². The van der Waals surface area contributed by atoms with Crippen molar-refractivity contribution in [3.05, 3.63) is 81.8 Å². The van der Waals surface area contributed by atoms with Gasteiger partial charge in [0.05, 0.1) is 24.3 Å². The highest BCUT2D eigenvalue weighted by Gasteiger charge is 2.33. The molecule has 1 N–H and O–H groups in total. The second kappa shape index (κ2) is 12.4. The SMILES string of the molecule is CCOc1cc(/C=C2\SC(=S)N(c3ccc(OC)cc3)C2=O)ccc1OCC(=O)Nc1c(C)cc(C)cc1C. The highest BCUT2D eigenvalue weighted by molar-refractivity contribution is 8.27. The molecule has 1 fully saturated rings. The summed E-state index contributed by atoms with van der Waals surface area (Å²) in [5.74, 6) is 1.15. The predicted molar refractivity (Wildman–Crippen MR) is 161 cm³/mol. The zero-order valence-corrected chi connectivity index (χ0v) is 24.1. The Morgan fingerprint density at radius 1 is 1.00 bits per heavy atom. The Balaban J connectivity index is 1.48. The molecule has 202 valence electrons. The fourth-order valence-electron chi connectivity index (χ4n) is 4.27. The molecule has 0 radical (unpaired) electrons. The number of nitrogens with one attached hydrogen (secondary N) is 1. The van der Waals surface area contributed by atoms with E-state index in [1.165, 1.54) is 16.7 Å². The normalized spacial score (nSPS) is 14.1. The number of rotatable bonds is 9. The topological polar surface area (TPSA) is 77.1 Å². The van der Waals surface area contributed by atoms with E-state index in [0.29, 0.717) is 38.8 Å². The summed E-state index contributed by atoms with van der Waals surface area (Å²) in [6.45, 7) is 8.06. The molecule has 1 heterocycles. The second-order valence-corrected chi connectivity index (χ2v) is 10.6. The van der Waals surface area contributed by atoms with Crippen molar-refractivity contribution >= 4 is 57.6 Å². The van der Waals surface area contributed by atoms with Crippen LogP contribution in [0.25, 0.3) is 6.08 Å². The molecule has 0 aromatic heterocycles. The van der Waals surface area contributed by atoms with Crippen molar-refractivity contribution in [1.29, 1.82) is 0 Å². The summed E-state index contributed by atoms with van der Waals surface area (Å²) in [7, 11) is 1.59. The number of hydrogen-bond acceptors (Lipinski definition) is 7. The van der Waals surface area contributed by atoms with Gasteiger partial charge in [-0.25, -0.2) is 0 Å². The third-order valence-corrected chi connectivity index (χ3v) is 7.29. The summed E-state index contributed by atoms with van der Waals surface area (Å²) in [5.41, 5.74) is 5.35. The first-order valence-electron chi connectivity index (χ1n) is 12.4. The molecule has 0 aliphatic carbocycles. The Labute approximate surface area is 238 Å². The summed E-state index contributed by atoms with van der Waals surface area (Å²) in [6.07, 6.45) is 1.77. The fourth-order valence-corrected chi connectivity index (χ4v) is 5.57. The van der Waals surface area contributed by atoms with Crippen molar-refractivity contribution in [1.82, 2.24) is 0 Å². The number of anilines is 2. The summed E-state index contributed by atoms with van der Waals surface area (Å²) in [6, 6.07) is 16.5. The number of nitrogens with zero attached hydrogens (tertiary/aromatic N) is 1. The lowest BCUT2D eigenvalue weighted by Crippen LogP contribution is -2.27. The zero-order chi connectivity index (χ0) is 28.1. The fraction of sp³-hybridized carbons (Fsp3) is 0.233. The number of amides is 2. The highest BCUT2D eigenvalue weighted by atomic mass is 32.2. The third-order valence-electron chi connectivity index (χ3n) is 5.99. The molecule has 1 aliphatic rings. The number of carbonyl (C=O) groups is 2. The van der Waals surface area contributed by atoms with E-state index in [2.05, 4.69) is 5.32 Å². The number of aryl methyl sites for hydroxylation is 3. The first-order chi connectivity index (χ1) is 18.7. The number of hydrogen-bond donors (Lipinski definition) is 1. The summed E-state index contributed by atoms with van der Waals surface area (Å²) in [4.78, 5) is 27.8. The number of benzene rings is 3. The number of carbonyl (C=O) groups excluding carboxylic acids is 2. The van der Waals surface area contributed by atoms with Gasteiger partial charge in [-0.3, -0.25) is 14.5 Å². The van der Waals surface area contributed by atoms with Crippen LogP contribution in [0.2, 0.25) is 0 Å². The van der Waals surface area contributed by atoms with Gasteiger partial charge in [-0.2, -0.15) is 0 Å². The molecule has 0 bridgehead atoms. The standard InChI is InChI=1S/C30H30N2O5S2/c1-6-36-25-15-21(16-26-29(34)32(30(38)39-26)22-8-10-23(35-5)11-9-22)7-12-24(25)37-17-27(33)31-28-19(3)13-18(2)14-20(28)4/h7-16H,6,17H2,1-5H3,(H,31,33)/b26-16-. The summed E-state index contributed by atoms with van der Waals surface area (Å²) >= 11 is 6.72. The van der Waals surface area contributed by atoms with Crippen LogP contribution in [0.3, 0.4) is 0 Å². The van der Waals surface area contributed by atoms with Crippen LogP contribution in [0.5, 0.6) is 17.2 Å². The van der Waals surface area contributed by atoms with E-state index in [9.17, 15) is 9.59 Å². The lowest BCUT2D eigenvalue weighted by Gasteiger charge is -2.15. The number of thioether (sulfide) groups is 1. The van der Waals surface area contributed by atoms with Gasteiger partial charge in [-0.1, -0.05) is 47.7 Å². The summed E-state index contributed by atoms with van der Waals surface area (Å²) < 4.78 is 17.2. The quantitative estimate of drug-likeness (QED) is 0.237. The Morgan fingerprint density at radius 3 is 2.33 bits per heavy atom. The van der Waals surface area contributed by atoms with E-state index in [1.54, 1.807) is 49.6 Å². The van der Waals surface area contributed by atoms with Crippen LogP contribution in [-0.4, -0.2) is 36.5 Å². The number of ether oxygens (including phenoxy) is 3. The van der Waals surface area contributed by atoms with Gasteiger partial charge >= 0.3 is 0 Å². The van der Waals surface area contributed by atoms with E-state index in [1.807, 2.05) is 45.9 Å². The Kier molecular flexibility index (Phi) is 8.93. The van der Waals surface area contributed by atoms with Gasteiger partial charge in [0, 0.05) is 5.69 Å². The van der Waals surface area contributed by atoms with Gasteiger partial charge in [0.15, 0.2) is 22.4 Å². The van der Waals surface area contributed by atoms with Crippen LogP contribution in [0.15, 0.2) is 59.5 Å². The van der Waals surface area contributed by atoms with Gasteiger partial charge in [-0.15, -0.1) is 0 Å². The largest absolute Gasteiger partial charge is 0.497 e. The molecule has 9 heteroatoms. The maximum atomic E-state index is 13.2. The van der Waals surface area contributed by atoms with Crippen LogP contribution in [0.1, 0.15) is 29.2 Å². The molecule has 1 aliphatic heterocycles. The van der Waals surface area contributed by atoms with Crippen LogP contribution in [0.4, 0.5) is 11.4 Å². The van der Waals surface area contributed by atoms with Gasteiger partial charge in [0.2, 0.25) is 0 Å². The van der Waals surface area contributed by atoms with Gasteiger partial charge in [0.25, 0.3) is 11.8 Å². The van der Waals surface area contributed by atoms with Gasteiger partial charge in [0.1, 0.15) is 5.75 Å². The highest BCUT2D eigenvalue weighted by Crippen LogP contribution is 2.37. The van der Waals surface area contributed by atoms with Crippen LogP contribution in [-0.2, 0) is 9.59 Å². The molecule has 0 atom stereocenters. The first kappa shape index (κ1) is 28.2. The van der Waals surface area contributed by atoms with Crippen LogP contribution < -0.4 is 24.4 Å². The molecule has 0 unspecified atom stereocenters. The van der Waals surface area contributed by atoms with Crippen molar-refractivity contribution < 1.29 is 23.8 Å². The maximum absolute atomic E-state index is 13.2. The lowest BCUT2D eigenvalue weighted by atomic mass is 10.1. The molecule has 4 rings (SSSR count). The number of thiocarbonyl (C=S) groups is 1. The van der Waals surface area contributed by atoms with Crippen molar-refractivity contribution in [3.8, 4) is 17.2 Å². The molecule has 7 nitrogen and oxygen atoms in total. The summed E-state index contributed by atoms with van der Waals surface area (Å²) in [5, 5.41) is 2.94. The molecular formula is C30H30N2O5S2. The molecular weight excluding hydrogens is 532 g/mol. The molecule has 39 heavy (non-hydrogen) atoms. The predicted octanol–water partition coefficient (Wildman–Crippen LogP) is 6.44. The second-order valence-electron chi connectivity index (χ2n) is 8.96. The minimum absolute atomic E-state index is 0.174. The molecule has 0 saturated carbocycles. The molecule has 3 aromatic rings. The maximum Gasteiger partial charge on any atom is 0.270 e. The van der Waals surface area contributed by atoms with Crippen LogP contribution >= 0.6 is 24.0 Å². The van der Waals surface area contributed by atoms with Crippen molar-refractivity contribution in [3.63, 3.8) is 0 Å². The third kappa shape index (κ3) is 6.61. The Hall–Kier alpha value is -3.82. The first-order valence-corrected chi connectivity index (χ1v) is 13.6. The minimum Gasteiger partial charge on any atom is -0.497 e. The Bertz CT molecular complexity index is 1430. The smallest absolute Gasteiger partial charge is 0.270 e. The molecule has 2 amide bonds. The zero-order valence-electron chi connectivity index (χ0n) is 22.5. The van der Waals surface area contributed by atoms with E-state index in [-0.39, 0.29) is 18.4 Å². The molecule has 3 aromatic carbocycles. The average Bonchev–Trinajstić information content (AvgIpc) is 3.18. The van der Waals surface area contributed by atoms with E-state index < -0.39 is 0 Å². The molecule has 1 saturated heterocycles. The Morgan fingerprint density at radius 2 is 1.69 bits per heavy atom. The monoisotopic (exact) mass is 562 g/mol. The number of methoxy groups -OCH3 is 1. The minimum atomic E-state index is -0.265. The van der Waals surface area contributed by atoms with Crippen molar-refractivity contribution in [2.24, 2.45) is 0 Å². The lowest BCUT2D eigenvalue weighted by molar-refractivity contribution is -0.118. The van der Waals surface area contributed by atoms with E-state index >= 15 is 0 Å². The average molecular weight is 563 g/mol. The van der Waals surface area contributed by atoms with E-state index in [4.69, 9.17) is 26.4 Å². The molecule has 0 spiro atoms. The van der Waals surface area contributed by atoms with Crippen molar-refractivity contribution in [2.75, 3.05) is 30.5 Å². The van der Waals surface area contributed by atoms with E-state index in [0.717, 1.165) is 27.9 Å². The van der Waals surface area contributed by atoms with Crippen LogP contribution in [0, 0.1) is 20.8 Å². The van der Waals surface area contributed by atoms with Gasteiger partial charge < -0.3 is 19.5 Å².